The highest BCUT2D eigenvalue weighted by Gasteiger charge is 2.34. The van der Waals surface area contributed by atoms with Crippen molar-refractivity contribution < 1.29 is 9.53 Å². The van der Waals surface area contributed by atoms with E-state index in [0.29, 0.717) is 12.5 Å². The van der Waals surface area contributed by atoms with E-state index in [1.54, 1.807) is 0 Å². The molecule has 0 spiro atoms. The Kier molecular flexibility index (Phi) is 6.67. The van der Waals surface area contributed by atoms with E-state index in [1.807, 2.05) is 6.92 Å². The Bertz CT molecular complexity index is 238. The number of hydrogen-bond acceptors (Lipinski definition) is 2. The fourth-order valence-electron chi connectivity index (χ4n) is 2.05. The van der Waals surface area contributed by atoms with Gasteiger partial charge in [0.05, 0.1) is 6.61 Å². The van der Waals surface area contributed by atoms with Gasteiger partial charge in [0.15, 0.2) is 0 Å². The third-order valence-electron chi connectivity index (χ3n) is 2.89. The van der Waals surface area contributed by atoms with Crippen LogP contribution in [0.5, 0.6) is 0 Å². The van der Waals surface area contributed by atoms with Crippen LogP contribution in [0, 0.1) is 5.92 Å². The van der Waals surface area contributed by atoms with Crippen LogP contribution in [0.25, 0.3) is 0 Å². The molecule has 94 valence electrons. The molecule has 0 aliphatic heterocycles. The Morgan fingerprint density at radius 3 is 2.75 bits per heavy atom. The van der Waals surface area contributed by atoms with Crippen molar-refractivity contribution >= 4 is 49.4 Å². The molecule has 0 N–H and O–H groups in total. The van der Waals surface area contributed by atoms with Crippen molar-refractivity contribution in [3.05, 3.63) is 0 Å². The quantitative estimate of drug-likeness (QED) is 0.550. The number of esters is 1. The third-order valence-corrected chi connectivity index (χ3v) is 6.22. The summed E-state index contributed by atoms with van der Waals surface area (Å²) in [6, 6.07) is 0. The molecule has 0 heterocycles. The van der Waals surface area contributed by atoms with Crippen molar-refractivity contribution in [2.24, 2.45) is 5.92 Å². The minimum atomic E-state index is -0.278. The van der Waals surface area contributed by atoms with Crippen molar-refractivity contribution in [1.29, 1.82) is 0 Å². The van der Waals surface area contributed by atoms with Gasteiger partial charge < -0.3 is 4.74 Å². The van der Waals surface area contributed by atoms with E-state index in [9.17, 15) is 4.79 Å². The molecule has 16 heavy (non-hydrogen) atoms. The van der Waals surface area contributed by atoms with Gasteiger partial charge in [-0.2, -0.15) is 0 Å². The normalized spacial score (nSPS) is 29.5. The largest absolute Gasteiger partial charge is 0.465 e. The smallest absolute Gasteiger partial charge is 0.320 e. The third kappa shape index (κ3) is 4.19. The molecule has 2 nitrogen and oxygen atoms in total. The monoisotopic (exact) mass is 374 g/mol. The summed E-state index contributed by atoms with van der Waals surface area (Å²) in [7, 11) is 0. The first-order valence-corrected chi connectivity index (χ1v) is 7.91. The molecule has 1 aliphatic carbocycles. The summed E-state index contributed by atoms with van der Waals surface area (Å²) in [6.45, 7) is 2.24. The number of carbonyl (C=O) groups excluding carboxylic acids is 1. The van der Waals surface area contributed by atoms with Gasteiger partial charge in [-0.25, -0.2) is 0 Å². The first-order valence-electron chi connectivity index (χ1n) is 5.65. The van der Waals surface area contributed by atoms with Crippen LogP contribution in [0.4, 0.5) is 0 Å². The van der Waals surface area contributed by atoms with Gasteiger partial charge in [-0.3, -0.25) is 4.79 Å². The van der Waals surface area contributed by atoms with E-state index in [2.05, 4.69) is 31.9 Å². The fourth-order valence-corrected chi connectivity index (χ4v) is 3.69. The maximum atomic E-state index is 11.6. The van der Waals surface area contributed by atoms with E-state index in [0.717, 1.165) is 25.7 Å². The van der Waals surface area contributed by atoms with Crippen molar-refractivity contribution in [2.75, 3.05) is 6.61 Å². The summed E-state index contributed by atoms with van der Waals surface area (Å²) >= 11 is 13.1. The number of hydrogen-bond donors (Lipinski definition) is 0. The predicted molar refractivity (Wildman–Crippen MR) is 73.7 cm³/mol. The molecule has 0 aromatic carbocycles. The van der Waals surface area contributed by atoms with Crippen LogP contribution in [-0.2, 0) is 9.53 Å². The number of carbonyl (C=O) groups is 1. The highest BCUT2D eigenvalue weighted by molar-refractivity contribution is 9.12. The van der Waals surface area contributed by atoms with Gasteiger partial charge >= 0.3 is 5.97 Å². The molecule has 5 heteroatoms. The van der Waals surface area contributed by atoms with Gasteiger partial charge in [0, 0.05) is 10.2 Å². The topological polar surface area (TPSA) is 26.3 Å². The van der Waals surface area contributed by atoms with Gasteiger partial charge in [0.25, 0.3) is 0 Å². The Morgan fingerprint density at radius 1 is 1.50 bits per heavy atom. The Hall–Kier alpha value is 0.720. The molecule has 1 aliphatic rings. The van der Waals surface area contributed by atoms with Crippen LogP contribution in [0.3, 0.4) is 0 Å². The zero-order valence-electron chi connectivity index (χ0n) is 9.30. The maximum absolute atomic E-state index is 11.6. The van der Waals surface area contributed by atoms with E-state index in [1.165, 1.54) is 0 Å². The lowest BCUT2D eigenvalue weighted by Gasteiger charge is -2.30. The molecule has 0 aromatic rings. The van der Waals surface area contributed by atoms with Crippen LogP contribution in [0.1, 0.15) is 32.6 Å². The van der Waals surface area contributed by atoms with Gasteiger partial charge in [-0.05, 0) is 32.1 Å². The van der Waals surface area contributed by atoms with E-state index < -0.39 is 0 Å². The molecular formula is C11H17Br2ClO2. The predicted octanol–water partition coefficient (Wildman–Crippen LogP) is 3.87. The minimum absolute atomic E-state index is 0.105. The average molecular weight is 377 g/mol. The summed E-state index contributed by atoms with van der Waals surface area (Å²) in [6.07, 6.45) is 4.33. The second-order valence-electron chi connectivity index (χ2n) is 4.12. The minimum Gasteiger partial charge on any atom is -0.465 e. The van der Waals surface area contributed by atoms with Crippen molar-refractivity contribution in [2.45, 2.75) is 47.6 Å². The Labute approximate surface area is 119 Å². The van der Waals surface area contributed by atoms with Gasteiger partial charge in [-0.15, -0.1) is 11.6 Å². The molecule has 4 atom stereocenters. The highest BCUT2D eigenvalue weighted by atomic mass is 79.9. The van der Waals surface area contributed by atoms with Crippen molar-refractivity contribution in [1.82, 2.24) is 0 Å². The SMILES string of the molecule is CCOC(=O)C(Br)C(Br)C1CCCC(Cl)C1. The van der Waals surface area contributed by atoms with Gasteiger partial charge in [0.1, 0.15) is 4.83 Å². The number of ether oxygens (including phenoxy) is 1. The summed E-state index contributed by atoms with van der Waals surface area (Å²) < 4.78 is 4.99. The summed E-state index contributed by atoms with van der Waals surface area (Å²) in [4.78, 5) is 11.4. The van der Waals surface area contributed by atoms with Crippen molar-refractivity contribution in [3.8, 4) is 0 Å². The summed E-state index contributed by atoms with van der Waals surface area (Å²) in [5, 5.41) is 0.251. The Balaban J connectivity index is 2.48. The second-order valence-corrected chi connectivity index (χ2v) is 6.78. The molecule has 1 saturated carbocycles. The van der Waals surface area contributed by atoms with E-state index >= 15 is 0 Å². The van der Waals surface area contributed by atoms with Crippen LogP contribution < -0.4 is 0 Å². The molecule has 0 amide bonds. The average Bonchev–Trinajstić information content (AvgIpc) is 2.27. The first-order chi connectivity index (χ1) is 7.56. The summed E-state index contributed by atoms with van der Waals surface area (Å²) in [5.74, 6) is 0.256. The van der Waals surface area contributed by atoms with Crippen LogP contribution in [0.2, 0.25) is 0 Å². The molecule has 0 saturated heterocycles. The highest BCUT2D eigenvalue weighted by Crippen LogP contribution is 2.36. The molecule has 0 radical (unpaired) electrons. The lowest BCUT2D eigenvalue weighted by molar-refractivity contribution is -0.142. The lowest BCUT2D eigenvalue weighted by Crippen LogP contribution is -2.34. The standard InChI is InChI=1S/C11H17Br2ClO2/c1-2-16-11(15)10(13)9(12)7-4-3-5-8(14)6-7/h7-10H,2-6H2,1H3. The van der Waals surface area contributed by atoms with Crippen molar-refractivity contribution in [3.63, 3.8) is 0 Å². The molecule has 1 rings (SSSR count). The maximum Gasteiger partial charge on any atom is 0.320 e. The molecular weight excluding hydrogens is 359 g/mol. The second kappa shape index (κ2) is 7.22. The van der Waals surface area contributed by atoms with E-state index in [-0.39, 0.29) is 21.0 Å². The first kappa shape index (κ1) is 14.8. The van der Waals surface area contributed by atoms with Crippen LogP contribution in [-0.4, -0.2) is 27.6 Å². The number of rotatable bonds is 4. The van der Waals surface area contributed by atoms with E-state index in [4.69, 9.17) is 16.3 Å². The van der Waals surface area contributed by atoms with Crippen LogP contribution >= 0.6 is 43.5 Å². The zero-order valence-corrected chi connectivity index (χ0v) is 13.2. The van der Waals surface area contributed by atoms with Gasteiger partial charge in [-0.1, -0.05) is 38.3 Å². The lowest BCUT2D eigenvalue weighted by atomic mass is 9.85. The zero-order chi connectivity index (χ0) is 12.1. The molecule has 1 fully saturated rings. The molecule has 4 unspecified atom stereocenters. The fraction of sp³-hybridized carbons (Fsp3) is 0.909. The van der Waals surface area contributed by atoms with Crippen LogP contribution in [0.15, 0.2) is 0 Å². The number of alkyl halides is 3. The summed E-state index contributed by atoms with van der Waals surface area (Å²) in [5.41, 5.74) is 0. The number of halogens is 3. The Morgan fingerprint density at radius 2 is 2.19 bits per heavy atom. The van der Waals surface area contributed by atoms with Gasteiger partial charge in [0.2, 0.25) is 0 Å². The molecule has 0 bridgehead atoms. The molecule has 0 aromatic heterocycles.